The van der Waals surface area contributed by atoms with Gasteiger partial charge in [-0.3, -0.25) is 4.98 Å². The molecule has 1 saturated carbocycles. The maximum Gasteiger partial charge on any atom is 0.144 e. The van der Waals surface area contributed by atoms with Crippen LogP contribution >= 0.6 is 0 Å². The van der Waals surface area contributed by atoms with E-state index in [2.05, 4.69) is 15.3 Å². The van der Waals surface area contributed by atoms with E-state index in [0.29, 0.717) is 0 Å². The highest BCUT2D eigenvalue weighted by Crippen LogP contribution is 2.30. The Labute approximate surface area is 89.8 Å². The molecule has 1 aliphatic rings. The summed E-state index contributed by atoms with van der Waals surface area (Å²) in [7, 11) is 0. The number of hydrogen-bond acceptors (Lipinski definition) is 4. The minimum absolute atomic E-state index is 0.118. The summed E-state index contributed by atoms with van der Waals surface area (Å²) in [6.07, 6.45) is 9.97. The third-order valence-corrected chi connectivity index (χ3v) is 2.98. The van der Waals surface area contributed by atoms with Crippen molar-refractivity contribution < 1.29 is 5.11 Å². The Hall–Kier alpha value is -1.16. The van der Waals surface area contributed by atoms with Crippen LogP contribution in [-0.2, 0) is 0 Å². The molecule has 2 N–H and O–H groups in total. The van der Waals surface area contributed by atoms with Gasteiger partial charge in [0.2, 0.25) is 0 Å². The summed E-state index contributed by atoms with van der Waals surface area (Å²) in [4.78, 5) is 8.11. The predicted octanol–water partition coefficient (Wildman–Crippen LogP) is 1.44. The normalized spacial score (nSPS) is 18.2. The third kappa shape index (κ3) is 2.89. The molecule has 0 aromatic carbocycles. The predicted molar refractivity (Wildman–Crippen MR) is 58.5 cm³/mol. The first-order chi connectivity index (χ1) is 7.38. The van der Waals surface area contributed by atoms with E-state index in [4.69, 9.17) is 0 Å². The Morgan fingerprint density at radius 3 is 2.87 bits per heavy atom. The average molecular weight is 207 g/mol. The second-order valence-corrected chi connectivity index (χ2v) is 4.15. The second-order valence-electron chi connectivity index (χ2n) is 4.15. The number of aromatic nitrogens is 2. The number of aliphatic hydroxyl groups is 1. The summed E-state index contributed by atoms with van der Waals surface area (Å²) >= 11 is 0. The average Bonchev–Trinajstić information content (AvgIpc) is 2.23. The van der Waals surface area contributed by atoms with Crippen LogP contribution in [0, 0.1) is 5.92 Å². The molecule has 0 bridgehead atoms. The fourth-order valence-corrected chi connectivity index (χ4v) is 1.89. The Morgan fingerprint density at radius 2 is 2.33 bits per heavy atom. The molecule has 4 nitrogen and oxygen atoms in total. The monoisotopic (exact) mass is 207 g/mol. The van der Waals surface area contributed by atoms with Crippen molar-refractivity contribution in [1.29, 1.82) is 0 Å². The van der Waals surface area contributed by atoms with E-state index in [9.17, 15) is 5.11 Å². The van der Waals surface area contributed by atoms with Crippen molar-refractivity contribution in [3.8, 4) is 0 Å². The molecule has 1 atom stereocenters. The summed E-state index contributed by atoms with van der Waals surface area (Å²) in [6, 6.07) is 0.118. The summed E-state index contributed by atoms with van der Waals surface area (Å²) in [6.45, 7) is 0.160. The van der Waals surface area contributed by atoms with Crippen molar-refractivity contribution in [3.05, 3.63) is 18.6 Å². The number of nitrogens with one attached hydrogen (secondary N) is 1. The molecular formula is C11H17N3O. The smallest absolute Gasteiger partial charge is 0.144 e. The molecule has 0 unspecified atom stereocenters. The van der Waals surface area contributed by atoms with Gasteiger partial charge in [-0.1, -0.05) is 19.3 Å². The van der Waals surface area contributed by atoms with Crippen LogP contribution in [0.2, 0.25) is 0 Å². The second kappa shape index (κ2) is 5.07. The van der Waals surface area contributed by atoms with Crippen LogP contribution in [0.1, 0.15) is 25.7 Å². The first kappa shape index (κ1) is 10.4. The largest absolute Gasteiger partial charge is 0.394 e. The van der Waals surface area contributed by atoms with Crippen LogP contribution in [0.15, 0.2) is 18.6 Å². The Kier molecular flexibility index (Phi) is 3.50. The molecule has 1 fully saturated rings. The Bertz CT molecular complexity index is 287. The van der Waals surface area contributed by atoms with Gasteiger partial charge in [0, 0.05) is 12.4 Å². The van der Waals surface area contributed by atoms with E-state index < -0.39 is 0 Å². The van der Waals surface area contributed by atoms with Crippen LogP contribution in [0.5, 0.6) is 0 Å². The van der Waals surface area contributed by atoms with Gasteiger partial charge in [-0.15, -0.1) is 0 Å². The van der Waals surface area contributed by atoms with Gasteiger partial charge >= 0.3 is 0 Å². The molecule has 0 radical (unpaired) electrons. The lowest BCUT2D eigenvalue weighted by molar-refractivity contribution is 0.219. The molecule has 1 aliphatic carbocycles. The lowest BCUT2D eigenvalue weighted by Gasteiger charge is -2.29. The quantitative estimate of drug-likeness (QED) is 0.767. The van der Waals surface area contributed by atoms with Gasteiger partial charge in [0.1, 0.15) is 5.82 Å². The van der Waals surface area contributed by atoms with E-state index in [-0.39, 0.29) is 12.6 Å². The van der Waals surface area contributed by atoms with Gasteiger partial charge in [0.05, 0.1) is 18.8 Å². The first-order valence-corrected chi connectivity index (χ1v) is 5.52. The molecule has 4 heteroatoms. The SMILES string of the molecule is OC[C@H](CC1CCC1)Nc1cnccn1. The zero-order valence-electron chi connectivity index (χ0n) is 8.76. The fraction of sp³-hybridized carbons (Fsp3) is 0.636. The van der Waals surface area contributed by atoms with Crippen molar-refractivity contribution in [2.24, 2.45) is 5.92 Å². The van der Waals surface area contributed by atoms with Crippen molar-refractivity contribution in [3.63, 3.8) is 0 Å². The van der Waals surface area contributed by atoms with E-state index in [1.165, 1.54) is 19.3 Å². The van der Waals surface area contributed by atoms with Crippen LogP contribution in [0.3, 0.4) is 0 Å². The van der Waals surface area contributed by atoms with E-state index in [1.54, 1.807) is 18.6 Å². The Balaban J connectivity index is 1.84. The summed E-state index contributed by atoms with van der Waals surface area (Å²) in [5, 5.41) is 12.4. The van der Waals surface area contributed by atoms with Crippen LogP contribution in [0.25, 0.3) is 0 Å². The molecule has 82 valence electrons. The van der Waals surface area contributed by atoms with Crippen molar-refractivity contribution >= 4 is 5.82 Å². The van der Waals surface area contributed by atoms with Gasteiger partial charge in [0.15, 0.2) is 0 Å². The minimum Gasteiger partial charge on any atom is -0.394 e. The number of rotatable bonds is 5. The molecule has 0 amide bonds. The fourth-order valence-electron chi connectivity index (χ4n) is 1.89. The van der Waals surface area contributed by atoms with Crippen molar-refractivity contribution in [2.75, 3.05) is 11.9 Å². The molecule has 1 heterocycles. The maximum absolute atomic E-state index is 9.25. The van der Waals surface area contributed by atoms with Crippen LogP contribution in [0.4, 0.5) is 5.82 Å². The number of hydrogen-bond donors (Lipinski definition) is 2. The lowest BCUT2D eigenvalue weighted by atomic mass is 9.81. The number of nitrogens with zero attached hydrogens (tertiary/aromatic N) is 2. The van der Waals surface area contributed by atoms with Gasteiger partial charge in [-0.2, -0.15) is 0 Å². The molecular weight excluding hydrogens is 190 g/mol. The van der Waals surface area contributed by atoms with Crippen molar-refractivity contribution in [2.45, 2.75) is 31.7 Å². The summed E-state index contributed by atoms with van der Waals surface area (Å²) < 4.78 is 0. The lowest BCUT2D eigenvalue weighted by Crippen LogP contribution is -2.29. The van der Waals surface area contributed by atoms with E-state index in [0.717, 1.165) is 18.2 Å². The molecule has 0 aliphatic heterocycles. The topological polar surface area (TPSA) is 58.0 Å². The van der Waals surface area contributed by atoms with Gasteiger partial charge < -0.3 is 10.4 Å². The Morgan fingerprint density at radius 1 is 1.47 bits per heavy atom. The highest BCUT2D eigenvalue weighted by molar-refractivity contribution is 5.31. The summed E-state index contributed by atoms with van der Waals surface area (Å²) in [5.74, 6) is 1.53. The molecule has 0 saturated heterocycles. The summed E-state index contributed by atoms with van der Waals surface area (Å²) in [5.41, 5.74) is 0. The molecule has 15 heavy (non-hydrogen) atoms. The zero-order chi connectivity index (χ0) is 10.5. The molecule has 1 aromatic heterocycles. The van der Waals surface area contributed by atoms with Crippen LogP contribution in [-0.4, -0.2) is 27.7 Å². The molecule has 0 spiro atoms. The van der Waals surface area contributed by atoms with Crippen LogP contribution < -0.4 is 5.32 Å². The molecule has 2 rings (SSSR count). The van der Waals surface area contributed by atoms with Gasteiger partial charge in [-0.25, -0.2) is 4.98 Å². The third-order valence-electron chi connectivity index (χ3n) is 2.98. The van der Waals surface area contributed by atoms with Crippen molar-refractivity contribution in [1.82, 2.24) is 9.97 Å². The van der Waals surface area contributed by atoms with Gasteiger partial charge in [0.25, 0.3) is 0 Å². The molecule has 1 aromatic rings. The highest BCUT2D eigenvalue weighted by atomic mass is 16.3. The maximum atomic E-state index is 9.25. The van der Waals surface area contributed by atoms with E-state index >= 15 is 0 Å². The zero-order valence-corrected chi connectivity index (χ0v) is 8.76. The first-order valence-electron chi connectivity index (χ1n) is 5.52. The minimum atomic E-state index is 0.118. The number of aliphatic hydroxyl groups excluding tert-OH is 1. The number of anilines is 1. The van der Waals surface area contributed by atoms with Gasteiger partial charge in [-0.05, 0) is 12.3 Å². The highest BCUT2D eigenvalue weighted by Gasteiger charge is 2.21. The standard InChI is InChI=1S/C11H17N3O/c15-8-10(6-9-2-1-3-9)14-11-7-12-4-5-13-11/h4-5,7,9-10,15H,1-3,6,8H2,(H,13,14)/t10-/m0/s1. The van der Waals surface area contributed by atoms with E-state index in [1.807, 2.05) is 0 Å².